The van der Waals surface area contributed by atoms with E-state index in [2.05, 4.69) is 4.99 Å². The van der Waals surface area contributed by atoms with Gasteiger partial charge in [0.15, 0.2) is 0 Å². The van der Waals surface area contributed by atoms with E-state index in [1.54, 1.807) is 12.1 Å². The third-order valence-corrected chi connectivity index (χ3v) is 2.35. The highest BCUT2D eigenvalue weighted by Crippen LogP contribution is 2.19. The van der Waals surface area contributed by atoms with Crippen LogP contribution in [0.4, 0.5) is 5.69 Å². The molecule has 0 heterocycles. The van der Waals surface area contributed by atoms with Gasteiger partial charge in [-0.05, 0) is 31.2 Å². The Hall–Kier alpha value is -2.09. The van der Waals surface area contributed by atoms with Crippen LogP contribution in [-0.2, 0) is 0 Å². The van der Waals surface area contributed by atoms with Gasteiger partial charge in [0.2, 0.25) is 0 Å². The summed E-state index contributed by atoms with van der Waals surface area (Å²) in [5.41, 5.74) is 2.47. The van der Waals surface area contributed by atoms with Gasteiger partial charge >= 0.3 is 0 Å². The van der Waals surface area contributed by atoms with Gasteiger partial charge in [-0.2, -0.15) is 0 Å². The molecule has 0 atom stereocenters. The lowest BCUT2D eigenvalue weighted by molar-refractivity contribution is 0.474. The lowest BCUT2D eigenvalue weighted by atomic mass is 10.1. The SMILES string of the molecule is CC(=Nc1ccccc1)c1ccccc1O. The summed E-state index contributed by atoms with van der Waals surface area (Å²) in [5.74, 6) is 0.264. The Kier molecular flexibility index (Phi) is 3.01. The standard InChI is InChI=1S/C14H13NO/c1-11(13-9-5-6-10-14(13)16)15-12-7-3-2-4-8-12/h2-10,16H,1H3. The Balaban J connectivity index is 2.36. The molecular formula is C14H13NO. The highest BCUT2D eigenvalue weighted by atomic mass is 16.3. The van der Waals surface area contributed by atoms with E-state index in [0.29, 0.717) is 0 Å². The molecule has 2 aromatic carbocycles. The molecule has 2 nitrogen and oxygen atoms in total. The predicted octanol–water partition coefficient (Wildman–Crippen LogP) is 3.53. The molecule has 0 unspecified atom stereocenters. The fraction of sp³-hybridized carbons (Fsp3) is 0.0714. The van der Waals surface area contributed by atoms with Crippen molar-refractivity contribution < 1.29 is 5.11 Å². The Labute approximate surface area is 94.9 Å². The van der Waals surface area contributed by atoms with Crippen molar-refractivity contribution in [3.8, 4) is 5.75 Å². The first-order valence-electron chi connectivity index (χ1n) is 5.16. The van der Waals surface area contributed by atoms with Gasteiger partial charge in [-0.15, -0.1) is 0 Å². The fourth-order valence-electron chi connectivity index (χ4n) is 1.54. The molecule has 2 aromatic rings. The summed E-state index contributed by atoms with van der Waals surface area (Å²) >= 11 is 0. The number of hydrogen-bond acceptors (Lipinski definition) is 2. The van der Waals surface area contributed by atoms with Crippen LogP contribution in [0, 0.1) is 0 Å². The van der Waals surface area contributed by atoms with Crippen LogP contribution < -0.4 is 0 Å². The lowest BCUT2D eigenvalue weighted by Crippen LogP contribution is -1.93. The average Bonchev–Trinajstić information content (AvgIpc) is 2.31. The molecule has 0 fully saturated rings. The summed E-state index contributed by atoms with van der Waals surface area (Å²) in [6.07, 6.45) is 0. The van der Waals surface area contributed by atoms with E-state index >= 15 is 0 Å². The Bertz CT molecular complexity index is 503. The molecule has 0 spiro atoms. The normalized spacial score (nSPS) is 11.4. The molecule has 0 saturated heterocycles. The molecule has 0 aliphatic heterocycles. The first-order valence-corrected chi connectivity index (χ1v) is 5.16. The van der Waals surface area contributed by atoms with Crippen molar-refractivity contribution in [2.24, 2.45) is 4.99 Å². The second kappa shape index (κ2) is 4.62. The van der Waals surface area contributed by atoms with Crippen LogP contribution in [0.5, 0.6) is 5.75 Å². The molecule has 2 rings (SSSR count). The van der Waals surface area contributed by atoms with E-state index in [1.165, 1.54) is 0 Å². The van der Waals surface area contributed by atoms with Gasteiger partial charge in [0, 0.05) is 11.3 Å². The van der Waals surface area contributed by atoms with Crippen molar-refractivity contribution in [1.82, 2.24) is 0 Å². The van der Waals surface area contributed by atoms with Crippen molar-refractivity contribution in [2.45, 2.75) is 6.92 Å². The van der Waals surface area contributed by atoms with E-state index < -0.39 is 0 Å². The molecule has 16 heavy (non-hydrogen) atoms. The van der Waals surface area contributed by atoms with E-state index in [0.717, 1.165) is 17.0 Å². The van der Waals surface area contributed by atoms with E-state index in [9.17, 15) is 5.11 Å². The number of rotatable bonds is 2. The van der Waals surface area contributed by atoms with Crippen molar-refractivity contribution in [3.63, 3.8) is 0 Å². The number of phenols is 1. The van der Waals surface area contributed by atoms with Crippen LogP contribution in [0.25, 0.3) is 0 Å². The summed E-state index contributed by atoms with van der Waals surface area (Å²) in [6.45, 7) is 1.89. The zero-order valence-corrected chi connectivity index (χ0v) is 9.09. The summed E-state index contributed by atoms with van der Waals surface area (Å²) in [5, 5.41) is 9.68. The van der Waals surface area contributed by atoms with Crippen LogP contribution in [0.3, 0.4) is 0 Å². The van der Waals surface area contributed by atoms with Crippen LogP contribution in [0.15, 0.2) is 59.6 Å². The summed E-state index contributed by atoms with van der Waals surface area (Å²) < 4.78 is 0. The van der Waals surface area contributed by atoms with E-state index in [1.807, 2.05) is 49.4 Å². The van der Waals surface area contributed by atoms with Crippen LogP contribution in [0.2, 0.25) is 0 Å². The van der Waals surface area contributed by atoms with Gasteiger partial charge < -0.3 is 5.11 Å². The van der Waals surface area contributed by atoms with Crippen LogP contribution in [-0.4, -0.2) is 10.8 Å². The maximum absolute atomic E-state index is 9.68. The Morgan fingerprint density at radius 1 is 0.938 bits per heavy atom. The minimum atomic E-state index is 0.264. The number of aliphatic imine (C=N–C) groups is 1. The molecule has 0 radical (unpaired) electrons. The van der Waals surface area contributed by atoms with Crippen LogP contribution in [0.1, 0.15) is 12.5 Å². The van der Waals surface area contributed by atoms with Crippen molar-refractivity contribution in [2.75, 3.05) is 0 Å². The molecule has 1 N–H and O–H groups in total. The maximum Gasteiger partial charge on any atom is 0.124 e. The highest BCUT2D eigenvalue weighted by molar-refractivity contribution is 6.02. The number of aromatic hydroxyl groups is 1. The molecule has 0 amide bonds. The van der Waals surface area contributed by atoms with Crippen molar-refractivity contribution in [3.05, 3.63) is 60.2 Å². The topological polar surface area (TPSA) is 32.6 Å². The molecule has 0 saturated carbocycles. The molecule has 2 heteroatoms. The minimum Gasteiger partial charge on any atom is -0.507 e. The lowest BCUT2D eigenvalue weighted by Gasteiger charge is -2.03. The largest absolute Gasteiger partial charge is 0.507 e. The third kappa shape index (κ3) is 2.28. The Morgan fingerprint density at radius 3 is 2.25 bits per heavy atom. The fourth-order valence-corrected chi connectivity index (χ4v) is 1.54. The number of benzene rings is 2. The monoisotopic (exact) mass is 211 g/mol. The molecule has 0 aliphatic rings. The highest BCUT2D eigenvalue weighted by Gasteiger charge is 2.02. The Morgan fingerprint density at radius 2 is 1.56 bits per heavy atom. The quantitative estimate of drug-likeness (QED) is 0.757. The first-order chi connectivity index (χ1) is 7.77. The zero-order chi connectivity index (χ0) is 11.4. The zero-order valence-electron chi connectivity index (χ0n) is 9.09. The molecule has 0 aliphatic carbocycles. The second-order valence-electron chi connectivity index (χ2n) is 3.55. The average molecular weight is 211 g/mol. The van der Waals surface area contributed by atoms with Crippen molar-refractivity contribution >= 4 is 11.4 Å². The number of hydrogen-bond donors (Lipinski definition) is 1. The predicted molar refractivity (Wildman–Crippen MR) is 66.4 cm³/mol. The van der Waals surface area contributed by atoms with Gasteiger partial charge in [0.1, 0.15) is 5.75 Å². The second-order valence-corrected chi connectivity index (χ2v) is 3.55. The summed E-state index contributed by atoms with van der Waals surface area (Å²) in [6, 6.07) is 16.9. The number of phenolic OH excluding ortho intramolecular Hbond substituents is 1. The van der Waals surface area contributed by atoms with Gasteiger partial charge in [-0.25, -0.2) is 0 Å². The molecule has 0 aromatic heterocycles. The minimum absolute atomic E-state index is 0.264. The van der Waals surface area contributed by atoms with Crippen LogP contribution >= 0.6 is 0 Å². The molecular weight excluding hydrogens is 198 g/mol. The van der Waals surface area contributed by atoms with Crippen molar-refractivity contribution in [1.29, 1.82) is 0 Å². The summed E-state index contributed by atoms with van der Waals surface area (Å²) in [7, 11) is 0. The summed E-state index contributed by atoms with van der Waals surface area (Å²) in [4.78, 5) is 4.45. The van der Waals surface area contributed by atoms with Gasteiger partial charge in [0.05, 0.1) is 5.69 Å². The third-order valence-electron chi connectivity index (χ3n) is 2.35. The van der Waals surface area contributed by atoms with Gasteiger partial charge in [0.25, 0.3) is 0 Å². The van der Waals surface area contributed by atoms with E-state index in [4.69, 9.17) is 0 Å². The van der Waals surface area contributed by atoms with E-state index in [-0.39, 0.29) is 5.75 Å². The molecule has 0 bridgehead atoms. The van der Waals surface area contributed by atoms with Gasteiger partial charge in [-0.3, -0.25) is 4.99 Å². The smallest absolute Gasteiger partial charge is 0.124 e. The first kappa shape index (κ1) is 10.4. The van der Waals surface area contributed by atoms with Gasteiger partial charge in [-0.1, -0.05) is 30.3 Å². The maximum atomic E-state index is 9.68. The molecule has 80 valence electrons. The number of nitrogens with zero attached hydrogens (tertiary/aromatic N) is 1. The number of para-hydroxylation sites is 2.